The lowest BCUT2D eigenvalue weighted by molar-refractivity contribution is -0.169. The monoisotopic (exact) mass is 160 g/mol. The number of hydrogen-bond acceptors (Lipinski definition) is 3. The molecule has 0 saturated carbocycles. The van der Waals surface area contributed by atoms with E-state index in [2.05, 4.69) is 0 Å². The molecule has 0 aliphatic heterocycles. The molecular formula is C7H16N2O2. The lowest BCUT2D eigenvalue weighted by Gasteiger charge is -2.15. The molecule has 0 aliphatic rings. The van der Waals surface area contributed by atoms with Gasteiger partial charge in [0.2, 0.25) is 5.91 Å². The highest BCUT2D eigenvalue weighted by Gasteiger charge is 2.11. The largest absolute Gasteiger partial charge is 0.330 e. The van der Waals surface area contributed by atoms with E-state index in [1.165, 1.54) is 12.2 Å². The van der Waals surface area contributed by atoms with Crippen LogP contribution in [0, 0.1) is 5.92 Å². The minimum atomic E-state index is -0.0366. The van der Waals surface area contributed by atoms with Gasteiger partial charge in [-0.05, 0) is 12.5 Å². The third kappa shape index (κ3) is 3.95. The van der Waals surface area contributed by atoms with Crippen molar-refractivity contribution >= 4 is 5.91 Å². The second-order valence-corrected chi connectivity index (χ2v) is 2.62. The maximum Gasteiger partial charge on any atom is 0.246 e. The SMILES string of the molecule is CON(C)C(=O)CC(C)CN. The van der Waals surface area contributed by atoms with Crippen molar-refractivity contribution in [3.05, 3.63) is 0 Å². The standard InChI is InChI=1S/C7H16N2O2/c1-6(5-8)4-7(10)9(2)11-3/h6H,4-5,8H2,1-3H3. The van der Waals surface area contributed by atoms with Crippen molar-refractivity contribution in [3.8, 4) is 0 Å². The minimum Gasteiger partial charge on any atom is -0.330 e. The fourth-order valence-electron chi connectivity index (χ4n) is 0.612. The zero-order chi connectivity index (χ0) is 8.85. The van der Waals surface area contributed by atoms with Gasteiger partial charge in [-0.3, -0.25) is 9.63 Å². The average Bonchev–Trinajstić information content (AvgIpc) is 2.02. The first-order valence-electron chi connectivity index (χ1n) is 3.62. The molecule has 11 heavy (non-hydrogen) atoms. The highest BCUT2D eigenvalue weighted by molar-refractivity contribution is 5.74. The zero-order valence-corrected chi connectivity index (χ0v) is 7.33. The number of hydroxylamine groups is 2. The Morgan fingerprint density at radius 3 is 2.64 bits per heavy atom. The Morgan fingerprint density at radius 1 is 1.73 bits per heavy atom. The van der Waals surface area contributed by atoms with Crippen LogP contribution in [0.15, 0.2) is 0 Å². The van der Waals surface area contributed by atoms with Crippen LogP contribution in [-0.2, 0) is 9.63 Å². The third-order valence-corrected chi connectivity index (χ3v) is 1.55. The van der Waals surface area contributed by atoms with E-state index in [1.807, 2.05) is 6.92 Å². The molecule has 0 radical (unpaired) electrons. The number of rotatable bonds is 4. The van der Waals surface area contributed by atoms with Gasteiger partial charge in [-0.1, -0.05) is 6.92 Å². The van der Waals surface area contributed by atoms with Crippen LogP contribution in [0.5, 0.6) is 0 Å². The van der Waals surface area contributed by atoms with Crippen molar-refractivity contribution in [2.45, 2.75) is 13.3 Å². The summed E-state index contributed by atoms with van der Waals surface area (Å²) in [7, 11) is 3.05. The molecule has 0 bridgehead atoms. The summed E-state index contributed by atoms with van der Waals surface area (Å²) in [4.78, 5) is 15.8. The molecule has 0 heterocycles. The average molecular weight is 160 g/mol. The van der Waals surface area contributed by atoms with Gasteiger partial charge < -0.3 is 5.73 Å². The van der Waals surface area contributed by atoms with Crippen LogP contribution in [0.2, 0.25) is 0 Å². The Balaban J connectivity index is 3.68. The van der Waals surface area contributed by atoms with E-state index in [4.69, 9.17) is 10.6 Å². The van der Waals surface area contributed by atoms with E-state index in [0.717, 1.165) is 0 Å². The van der Waals surface area contributed by atoms with Gasteiger partial charge in [-0.25, -0.2) is 5.06 Å². The van der Waals surface area contributed by atoms with Crippen LogP contribution < -0.4 is 5.73 Å². The summed E-state index contributed by atoms with van der Waals surface area (Å²) >= 11 is 0. The van der Waals surface area contributed by atoms with Gasteiger partial charge in [0.1, 0.15) is 0 Å². The maximum atomic E-state index is 11.1. The van der Waals surface area contributed by atoms with Crippen LogP contribution in [0.25, 0.3) is 0 Å². The second kappa shape index (κ2) is 5.09. The van der Waals surface area contributed by atoms with E-state index < -0.39 is 0 Å². The van der Waals surface area contributed by atoms with E-state index in [1.54, 1.807) is 7.05 Å². The van der Waals surface area contributed by atoms with Crippen molar-refractivity contribution in [2.75, 3.05) is 20.7 Å². The van der Waals surface area contributed by atoms with Gasteiger partial charge >= 0.3 is 0 Å². The first kappa shape index (κ1) is 10.4. The number of amides is 1. The molecule has 4 heteroatoms. The highest BCUT2D eigenvalue weighted by Crippen LogP contribution is 2.01. The number of carbonyl (C=O) groups is 1. The molecule has 1 amide bonds. The summed E-state index contributed by atoms with van der Waals surface area (Å²) in [5.41, 5.74) is 5.35. The Kier molecular flexibility index (Phi) is 4.81. The van der Waals surface area contributed by atoms with Crippen molar-refractivity contribution in [2.24, 2.45) is 11.7 Å². The molecule has 0 rings (SSSR count). The topological polar surface area (TPSA) is 55.6 Å². The van der Waals surface area contributed by atoms with E-state index in [-0.39, 0.29) is 11.8 Å². The normalized spacial score (nSPS) is 12.7. The summed E-state index contributed by atoms with van der Waals surface area (Å²) in [6, 6.07) is 0. The molecule has 1 atom stereocenters. The van der Waals surface area contributed by atoms with Gasteiger partial charge in [-0.15, -0.1) is 0 Å². The Hall–Kier alpha value is -0.610. The van der Waals surface area contributed by atoms with Gasteiger partial charge in [0.05, 0.1) is 7.11 Å². The number of carbonyl (C=O) groups excluding carboxylic acids is 1. The molecule has 0 saturated heterocycles. The third-order valence-electron chi connectivity index (χ3n) is 1.55. The van der Waals surface area contributed by atoms with Gasteiger partial charge in [0, 0.05) is 13.5 Å². The van der Waals surface area contributed by atoms with Crippen LogP contribution in [-0.4, -0.2) is 31.7 Å². The van der Waals surface area contributed by atoms with E-state index >= 15 is 0 Å². The molecule has 1 unspecified atom stereocenters. The lowest BCUT2D eigenvalue weighted by Crippen LogP contribution is -2.28. The predicted molar refractivity (Wildman–Crippen MR) is 42.6 cm³/mol. The summed E-state index contributed by atoms with van der Waals surface area (Å²) < 4.78 is 0. The predicted octanol–water partition coefficient (Wildman–Crippen LogP) is -0.00890. The van der Waals surface area contributed by atoms with Crippen LogP contribution >= 0.6 is 0 Å². The molecule has 0 fully saturated rings. The van der Waals surface area contributed by atoms with Crippen LogP contribution in [0.3, 0.4) is 0 Å². The number of nitrogens with two attached hydrogens (primary N) is 1. The quantitative estimate of drug-likeness (QED) is 0.588. The molecule has 0 aromatic carbocycles. The summed E-state index contributed by atoms with van der Waals surface area (Å²) in [5, 5.41) is 1.21. The Labute approximate surface area is 67.3 Å². The molecule has 0 aromatic heterocycles. The Morgan fingerprint density at radius 2 is 2.27 bits per heavy atom. The summed E-state index contributed by atoms with van der Waals surface area (Å²) in [6.07, 6.45) is 0.445. The molecule has 4 nitrogen and oxygen atoms in total. The van der Waals surface area contributed by atoms with E-state index in [0.29, 0.717) is 13.0 Å². The van der Waals surface area contributed by atoms with Crippen molar-refractivity contribution < 1.29 is 9.63 Å². The fourth-order valence-corrected chi connectivity index (χ4v) is 0.612. The zero-order valence-electron chi connectivity index (χ0n) is 7.33. The smallest absolute Gasteiger partial charge is 0.246 e. The molecule has 66 valence electrons. The minimum absolute atomic E-state index is 0.0366. The van der Waals surface area contributed by atoms with Gasteiger partial charge in [0.15, 0.2) is 0 Å². The Bertz CT molecular complexity index is 128. The lowest BCUT2D eigenvalue weighted by atomic mass is 10.1. The maximum absolute atomic E-state index is 11.1. The van der Waals surface area contributed by atoms with E-state index in [9.17, 15) is 4.79 Å². The first-order chi connectivity index (χ1) is 5.11. The molecule has 2 N–H and O–H groups in total. The molecule has 0 aliphatic carbocycles. The second-order valence-electron chi connectivity index (χ2n) is 2.62. The molecule has 0 aromatic rings. The summed E-state index contributed by atoms with van der Waals surface area (Å²) in [5.74, 6) is 0.186. The highest BCUT2D eigenvalue weighted by atomic mass is 16.7. The molecule has 0 spiro atoms. The van der Waals surface area contributed by atoms with Crippen LogP contribution in [0.1, 0.15) is 13.3 Å². The van der Waals surface area contributed by atoms with Gasteiger partial charge in [0.25, 0.3) is 0 Å². The number of hydrogen-bond donors (Lipinski definition) is 1. The number of nitrogens with zero attached hydrogens (tertiary/aromatic N) is 1. The first-order valence-corrected chi connectivity index (χ1v) is 3.62. The summed E-state index contributed by atoms with van der Waals surface area (Å²) in [6.45, 7) is 2.46. The van der Waals surface area contributed by atoms with Crippen LogP contribution in [0.4, 0.5) is 0 Å². The van der Waals surface area contributed by atoms with Crippen molar-refractivity contribution in [3.63, 3.8) is 0 Å². The fraction of sp³-hybridized carbons (Fsp3) is 0.857. The van der Waals surface area contributed by atoms with Crippen molar-refractivity contribution in [1.82, 2.24) is 5.06 Å². The van der Waals surface area contributed by atoms with Gasteiger partial charge in [-0.2, -0.15) is 0 Å². The van der Waals surface area contributed by atoms with Crippen molar-refractivity contribution in [1.29, 1.82) is 0 Å². The molecular weight excluding hydrogens is 144 g/mol.